The van der Waals surface area contributed by atoms with Gasteiger partial charge in [-0.25, -0.2) is 9.97 Å². The van der Waals surface area contributed by atoms with Gasteiger partial charge in [0.1, 0.15) is 11.6 Å². The lowest BCUT2D eigenvalue weighted by atomic mass is 10.1. The average Bonchev–Trinajstić information content (AvgIpc) is 2.45. The largest absolute Gasteiger partial charge is 0.383 e. The first-order chi connectivity index (χ1) is 10.1. The number of rotatable bonds is 6. The summed E-state index contributed by atoms with van der Waals surface area (Å²) in [5.41, 5.74) is 12.4. The SMILES string of the molecule is CCNC(CC)c1ccc(Sc2nc(N)cc(N)n2)cn1. The number of anilines is 2. The van der Waals surface area contributed by atoms with Gasteiger partial charge >= 0.3 is 0 Å². The number of nitrogen functional groups attached to an aromatic ring is 2. The Kier molecular flexibility index (Phi) is 5.35. The van der Waals surface area contributed by atoms with Crippen LogP contribution in [-0.4, -0.2) is 21.5 Å². The molecule has 1 atom stereocenters. The molecule has 0 fully saturated rings. The molecule has 0 aliphatic rings. The predicted molar refractivity (Wildman–Crippen MR) is 85.9 cm³/mol. The highest BCUT2D eigenvalue weighted by atomic mass is 32.2. The van der Waals surface area contributed by atoms with E-state index >= 15 is 0 Å². The normalized spacial score (nSPS) is 12.3. The molecule has 21 heavy (non-hydrogen) atoms. The summed E-state index contributed by atoms with van der Waals surface area (Å²) in [5, 5.41) is 3.93. The van der Waals surface area contributed by atoms with E-state index in [2.05, 4.69) is 34.1 Å². The molecule has 0 saturated heterocycles. The fraction of sp³-hybridized carbons (Fsp3) is 0.357. The van der Waals surface area contributed by atoms with Crippen LogP contribution in [0.3, 0.4) is 0 Å². The third kappa shape index (κ3) is 4.30. The van der Waals surface area contributed by atoms with E-state index in [1.165, 1.54) is 17.8 Å². The van der Waals surface area contributed by atoms with Crippen LogP contribution in [0.1, 0.15) is 32.0 Å². The van der Waals surface area contributed by atoms with Crippen molar-refractivity contribution in [1.29, 1.82) is 0 Å². The first-order valence-corrected chi connectivity index (χ1v) is 7.71. The van der Waals surface area contributed by atoms with Crippen LogP contribution < -0.4 is 16.8 Å². The van der Waals surface area contributed by atoms with Crippen molar-refractivity contribution in [3.63, 3.8) is 0 Å². The van der Waals surface area contributed by atoms with Crippen LogP contribution in [0.25, 0.3) is 0 Å². The summed E-state index contributed by atoms with van der Waals surface area (Å²) in [4.78, 5) is 13.7. The summed E-state index contributed by atoms with van der Waals surface area (Å²) in [5.74, 6) is 0.737. The summed E-state index contributed by atoms with van der Waals surface area (Å²) in [7, 11) is 0. The predicted octanol–water partition coefficient (Wildman–Crippen LogP) is 2.25. The molecular formula is C14H20N6S. The second-order valence-electron chi connectivity index (χ2n) is 4.54. The van der Waals surface area contributed by atoms with E-state index in [1.54, 1.807) is 0 Å². The first-order valence-electron chi connectivity index (χ1n) is 6.89. The second-order valence-corrected chi connectivity index (χ2v) is 5.58. The summed E-state index contributed by atoms with van der Waals surface area (Å²) < 4.78 is 0. The Morgan fingerprint density at radius 3 is 2.43 bits per heavy atom. The van der Waals surface area contributed by atoms with Crippen LogP contribution in [0.4, 0.5) is 11.6 Å². The molecule has 1 unspecified atom stereocenters. The highest BCUT2D eigenvalue weighted by Crippen LogP contribution is 2.26. The summed E-state index contributed by atoms with van der Waals surface area (Å²) >= 11 is 1.39. The van der Waals surface area contributed by atoms with Gasteiger partial charge in [-0.3, -0.25) is 4.98 Å². The molecule has 0 bridgehead atoms. The Labute approximate surface area is 128 Å². The molecule has 7 heteroatoms. The number of hydrogen-bond donors (Lipinski definition) is 3. The molecule has 2 aromatic heterocycles. The van der Waals surface area contributed by atoms with E-state index in [0.29, 0.717) is 16.8 Å². The number of pyridine rings is 1. The van der Waals surface area contributed by atoms with E-state index in [0.717, 1.165) is 23.6 Å². The van der Waals surface area contributed by atoms with Crippen molar-refractivity contribution in [1.82, 2.24) is 20.3 Å². The maximum atomic E-state index is 5.66. The zero-order chi connectivity index (χ0) is 15.2. The number of hydrogen-bond acceptors (Lipinski definition) is 7. The Morgan fingerprint density at radius 2 is 1.90 bits per heavy atom. The number of nitrogens with two attached hydrogens (primary N) is 2. The van der Waals surface area contributed by atoms with Gasteiger partial charge in [0.15, 0.2) is 5.16 Å². The summed E-state index contributed by atoms with van der Waals surface area (Å²) in [6.45, 7) is 5.16. The monoisotopic (exact) mass is 304 g/mol. The lowest BCUT2D eigenvalue weighted by molar-refractivity contribution is 0.524. The van der Waals surface area contributed by atoms with Crippen LogP contribution in [0.15, 0.2) is 34.4 Å². The molecule has 6 nitrogen and oxygen atoms in total. The van der Waals surface area contributed by atoms with E-state index < -0.39 is 0 Å². The van der Waals surface area contributed by atoms with Crippen molar-refractivity contribution < 1.29 is 0 Å². The molecule has 5 N–H and O–H groups in total. The Balaban J connectivity index is 2.11. The molecular weight excluding hydrogens is 284 g/mol. The molecule has 0 radical (unpaired) electrons. The van der Waals surface area contributed by atoms with Crippen LogP contribution >= 0.6 is 11.8 Å². The third-order valence-electron chi connectivity index (χ3n) is 2.93. The molecule has 2 aromatic rings. The van der Waals surface area contributed by atoms with Gasteiger partial charge in [0.05, 0.1) is 5.69 Å². The minimum atomic E-state index is 0.285. The maximum absolute atomic E-state index is 5.66. The Hall–Kier alpha value is -1.86. The van der Waals surface area contributed by atoms with Gasteiger partial charge in [0.25, 0.3) is 0 Å². The van der Waals surface area contributed by atoms with Gasteiger partial charge in [-0.1, -0.05) is 13.8 Å². The highest BCUT2D eigenvalue weighted by molar-refractivity contribution is 7.99. The third-order valence-corrected chi connectivity index (χ3v) is 3.77. The van der Waals surface area contributed by atoms with E-state index in [4.69, 9.17) is 11.5 Å². The van der Waals surface area contributed by atoms with Crippen LogP contribution in [-0.2, 0) is 0 Å². The molecule has 0 amide bonds. The molecule has 0 aliphatic carbocycles. The number of aromatic nitrogens is 3. The van der Waals surface area contributed by atoms with Crippen molar-refractivity contribution >= 4 is 23.4 Å². The smallest absolute Gasteiger partial charge is 0.196 e. The fourth-order valence-corrected chi connectivity index (χ4v) is 2.73. The number of nitrogens with one attached hydrogen (secondary N) is 1. The van der Waals surface area contributed by atoms with Gasteiger partial charge in [-0.15, -0.1) is 0 Å². The van der Waals surface area contributed by atoms with Gasteiger partial charge in [0, 0.05) is 23.2 Å². The number of nitrogens with zero attached hydrogens (tertiary/aromatic N) is 3. The minimum absolute atomic E-state index is 0.285. The van der Waals surface area contributed by atoms with Crippen molar-refractivity contribution in [3.05, 3.63) is 30.1 Å². The van der Waals surface area contributed by atoms with E-state index in [-0.39, 0.29) is 6.04 Å². The van der Waals surface area contributed by atoms with Gasteiger partial charge in [-0.2, -0.15) is 0 Å². The van der Waals surface area contributed by atoms with Crippen LogP contribution in [0.2, 0.25) is 0 Å². The highest BCUT2D eigenvalue weighted by Gasteiger charge is 2.10. The topological polar surface area (TPSA) is 103 Å². The Bertz CT molecular complexity index is 566. The zero-order valence-corrected chi connectivity index (χ0v) is 13.0. The molecule has 0 spiro atoms. The first kappa shape index (κ1) is 15.5. The van der Waals surface area contributed by atoms with Gasteiger partial charge in [0.2, 0.25) is 0 Å². The second kappa shape index (κ2) is 7.24. The standard InChI is InChI=1S/C14H20N6S/c1-3-10(17-4-2)11-6-5-9(8-18-11)21-14-19-12(15)7-13(16)20-14/h5-8,10,17H,3-4H2,1-2H3,(H4,15,16,19,20). The van der Waals surface area contributed by atoms with Crippen molar-refractivity contribution in [3.8, 4) is 0 Å². The minimum Gasteiger partial charge on any atom is -0.383 e. The van der Waals surface area contributed by atoms with Crippen molar-refractivity contribution in [2.75, 3.05) is 18.0 Å². The average molecular weight is 304 g/mol. The van der Waals surface area contributed by atoms with Crippen molar-refractivity contribution in [2.45, 2.75) is 36.4 Å². The summed E-state index contributed by atoms with van der Waals surface area (Å²) in [6.07, 6.45) is 2.82. The van der Waals surface area contributed by atoms with E-state index in [9.17, 15) is 0 Å². The molecule has 2 rings (SSSR count). The van der Waals surface area contributed by atoms with Gasteiger partial charge in [-0.05, 0) is 36.9 Å². The maximum Gasteiger partial charge on any atom is 0.196 e. The molecule has 0 saturated carbocycles. The molecule has 112 valence electrons. The quantitative estimate of drug-likeness (QED) is 0.703. The lowest BCUT2D eigenvalue weighted by Crippen LogP contribution is -2.20. The Morgan fingerprint density at radius 1 is 1.19 bits per heavy atom. The van der Waals surface area contributed by atoms with E-state index in [1.807, 2.05) is 18.3 Å². The fourth-order valence-electron chi connectivity index (χ4n) is 1.98. The lowest BCUT2D eigenvalue weighted by Gasteiger charge is -2.15. The molecule has 0 aromatic carbocycles. The van der Waals surface area contributed by atoms with Crippen LogP contribution in [0, 0.1) is 0 Å². The summed E-state index contributed by atoms with van der Waals surface area (Å²) in [6, 6.07) is 5.85. The van der Waals surface area contributed by atoms with Crippen molar-refractivity contribution in [2.24, 2.45) is 0 Å². The zero-order valence-electron chi connectivity index (χ0n) is 12.2. The molecule has 2 heterocycles. The van der Waals surface area contributed by atoms with Crippen LogP contribution in [0.5, 0.6) is 0 Å². The molecule has 0 aliphatic heterocycles. The van der Waals surface area contributed by atoms with Gasteiger partial charge < -0.3 is 16.8 Å².